The number of hydrogen-bond donors (Lipinski definition) is 1. The summed E-state index contributed by atoms with van der Waals surface area (Å²) in [6, 6.07) is 4.24. The Morgan fingerprint density at radius 1 is 1.29 bits per heavy atom. The second kappa shape index (κ2) is 7.84. The van der Waals surface area contributed by atoms with E-state index < -0.39 is 26.7 Å². The lowest BCUT2D eigenvalue weighted by molar-refractivity contribution is -0.139. The van der Waals surface area contributed by atoms with Crippen molar-refractivity contribution >= 4 is 10.0 Å². The molecular formula is C16H23F3N2O2S. The van der Waals surface area contributed by atoms with Gasteiger partial charge in [0.25, 0.3) is 0 Å². The Bertz CT molecular complexity index is 647. The quantitative estimate of drug-likeness (QED) is 0.789. The van der Waals surface area contributed by atoms with Gasteiger partial charge in [-0.1, -0.05) is 19.1 Å². The van der Waals surface area contributed by atoms with Gasteiger partial charge in [-0.05, 0) is 50.4 Å². The van der Waals surface area contributed by atoms with Crippen molar-refractivity contribution in [2.45, 2.75) is 37.3 Å². The first kappa shape index (κ1) is 19.2. The molecule has 136 valence electrons. The Kier molecular flexibility index (Phi) is 6.28. The van der Waals surface area contributed by atoms with Crippen molar-refractivity contribution in [1.82, 2.24) is 9.62 Å². The highest BCUT2D eigenvalue weighted by molar-refractivity contribution is 7.89. The molecule has 0 radical (unpaired) electrons. The molecule has 1 aliphatic rings. The Morgan fingerprint density at radius 2 is 2.00 bits per heavy atom. The molecule has 0 spiro atoms. The summed E-state index contributed by atoms with van der Waals surface area (Å²) in [5.74, 6) is 0.633. The van der Waals surface area contributed by atoms with E-state index in [1.807, 2.05) is 0 Å². The first-order chi connectivity index (χ1) is 11.2. The lowest BCUT2D eigenvalue weighted by Crippen LogP contribution is -2.36. The first-order valence-corrected chi connectivity index (χ1v) is 9.57. The van der Waals surface area contributed by atoms with Crippen molar-refractivity contribution in [3.8, 4) is 0 Å². The van der Waals surface area contributed by atoms with Crippen molar-refractivity contribution in [2.24, 2.45) is 5.92 Å². The number of alkyl halides is 3. The number of hydrogen-bond acceptors (Lipinski definition) is 3. The molecule has 1 unspecified atom stereocenters. The van der Waals surface area contributed by atoms with Crippen molar-refractivity contribution in [3.63, 3.8) is 0 Å². The largest absolute Gasteiger partial charge is 0.417 e. The Hall–Kier alpha value is -1.12. The first-order valence-electron chi connectivity index (χ1n) is 8.08. The number of likely N-dealkylation sites (tertiary alicyclic amines) is 1. The van der Waals surface area contributed by atoms with Crippen LogP contribution >= 0.6 is 0 Å². The summed E-state index contributed by atoms with van der Waals surface area (Å²) < 4.78 is 65.5. The zero-order chi connectivity index (χ0) is 17.8. The molecular weight excluding hydrogens is 341 g/mol. The number of rotatable bonds is 6. The summed E-state index contributed by atoms with van der Waals surface area (Å²) in [6.07, 6.45) is -1.79. The lowest BCUT2D eigenvalue weighted by Gasteiger charge is -2.30. The van der Waals surface area contributed by atoms with Crippen LogP contribution in [-0.2, 0) is 16.2 Å². The molecule has 0 aromatic heterocycles. The van der Waals surface area contributed by atoms with E-state index in [0.29, 0.717) is 12.3 Å². The normalized spacial score (nSPS) is 20.2. The van der Waals surface area contributed by atoms with Gasteiger partial charge in [0.15, 0.2) is 0 Å². The smallest absolute Gasteiger partial charge is 0.303 e. The van der Waals surface area contributed by atoms with Gasteiger partial charge >= 0.3 is 6.18 Å². The van der Waals surface area contributed by atoms with E-state index >= 15 is 0 Å². The molecule has 1 aromatic rings. The SMILES string of the molecule is CC1CCCN(CCCNS(=O)(=O)c2ccccc2C(F)(F)F)C1. The highest BCUT2D eigenvalue weighted by Gasteiger charge is 2.36. The van der Waals surface area contributed by atoms with E-state index in [1.54, 1.807) is 0 Å². The molecule has 0 aliphatic carbocycles. The van der Waals surface area contributed by atoms with E-state index in [2.05, 4.69) is 16.5 Å². The molecule has 4 nitrogen and oxygen atoms in total. The predicted molar refractivity (Wildman–Crippen MR) is 86.1 cm³/mol. The van der Waals surface area contributed by atoms with E-state index in [0.717, 1.165) is 38.2 Å². The number of nitrogens with zero attached hydrogens (tertiary/aromatic N) is 1. The third-order valence-electron chi connectivity index (χ3n) is 4.17. The highest BCUT2D eigenvalue weighted by atomic mass is 32.2. The number of benzene rings is 1. The molecule has 1 N–H and O–H groups in total. The van der Waals surface area contributed by atoms with Gasteiger partial charge in [-0.3, -0.25) is 0 Å². The van der Waals surface area contributed by atoms with Crippen LogP contribution in [0.4, 0.5) is 13.2 Å². The fraction of sp³-hybridized carbons (Fsp3) is 0.625. The maximum atomic E-state index is 12.9. The van der Waals surface area contributed by atoms with Gasteiger partial charge in [0.2, 0.25) is 10.0 Å². The van der Waals surface area contributed by atoms with E-state index in [1.165, 1.54) is 18.6 Å². The highest BCUT2D eigenvalue weighted by Crippen LogP contribution is 2.33. The zero-order valence-electron chi connectivity index (χ0n) is 13.6. The number of nitrogens with one attached hydrogen (secondary N) is 1. The van der Waals surface area contributed by atoms with Crippen LogP contribution in [0.5, 0.6) is 0 Å². The minimum Gasteiger partial charge on any atom is -0.303 e. The molecule has 1 atom stereocenters. The summed E-state index contributed by atoms with van der Waals surface area (Å²) in [5.41, 5.74) is -1.14. The summed E-state index contributed by atoms with van der Waals surface area (Å²) in [6.45, 7) is 5.04. The molecule has 0 saturated carbocycles. The molecule has 1 aromatic carbocycles. The molecule has 1 heterocycles. The Morgan fingerprint density at radius 3 is 2.67 bits per heavy atom. The minimum absolute atomic E-state index is 0.124. The van der Waals surface area contributed by atoms with E-state index in [-0.39, 0.29) is 6.54 Å². The molecule has 1 saturated heterocycles. The number of sulfonamides is 1. The Labute approximate surface area is 141 Å². The van der Waals surface area contributed by atoms with Crippen molar-refractivity contribution in [2.75, 3.05) is 26.2 Å². The van der Waals surface area contributed by atoms with Gasteiger partial charge in [-0.15, -0.1) is 0 Å². The number of halogens is 3. The molecule has 0 bridgehead atoms. The maximum absolute atomic E-state index is 12.9. The van der Waals surface area contributed by atoms with Gasteiger partial charge in [-0.25, -0.2) is 13.1 Å². The second-order valence-electron chi connectivity index (χ2n) is 6.29. The monoisotopic (exact) mass is 364 g/mol. The van der Waals surface area contributed by atoms with Crippen LogP contribution in [0, 0.1) is 5.92 Å². The van der Waals surface area contributed by atoms with Crippen LogP contribution in [-0.4, -0.2) is 39.5 Å². The minimum atomic E-state index is -4.70. The topological polar surface area (TPSA) is 49.4 Å². The van der Waals surface area contributed by atoms with Crippen molar-refractivity contribution in [3.05, 3.63) is 29.8 Å². The standard InChI is InChI=1S/C16H23F3N2O2S/c1-13-6-4-10-21(12-13)11-5-9-20-24(22,23)15-8-3-2-7-14(15)16(17,18)19/h2-3,7-8,13,20H,4-6,9-12H2,1H3. The molecule has 24 heavy (non-hydrogen) atoms. The van der Waals surface area contributed by atoms with Crippen LogP contribution < -0.4 is 4.72 Å². The van der Waals surface area contributed by atoms with Gasteiger partial charge in [-0.2, -0.15) is 13.2 Å². The van der Waals surface area contributed by atoms with E-state index in [4.69, 9.17) is 0 Å². The summed E-state index contributed by atoms with van der Waals surface area (Å²) >= 11 is 0. The maximum Gasteiger partial charge on any atom is 0.417 e. The summed E-state index contributed by atoms with van der Waals surface area (Å²) in [5, 5.41) is 0. The van der Waals surface area contributed by atoms with E-state index in [9.17, 15) is 21.6 Å². The number of piperidine rings is 1. The van der Waals surface area contributed by atoms with Gasteiger partial charge in [0.1, 0.15) is 0 Å². The third-order valence-corrected chi connectivity index (χ3v) is 5.69. The van der Waals surface area contributed by atoms with Gasteiger partial charge in [0.05, 0.1) is 10.5 Å². The van der Waals surface area contributed by atoms with Crippen molar-refractivity contribution < 1.29 is 21.6 Å². The average molecular weight is 364 g/mol. The average Bonchev–Trinajstić information content (AvgIpc) is 2.51. The molecule has 1 aliphatic heterocycles. The third kappa shape index (κ3) is 5.19. The second-order valence-corrected chi connectivity index (χ2v) is 8.03. The van der Waals surface area contributed by atoms with Crippen LogP contribution in [0.25, 0.3) is 0 Å². The Balaban J connectivity index is 1.92. The predicted octanol–water partition coefficient (Wildman–Crippen LogP) is 3.11. The van der Waals surface area contributed by atoms with Gasteiger partial charge in [0, 0.05) is 13.1 Å². The lowest BCUT2D eigenvalue weighted by atomic mass is 10.0. The van der Waals surface area contributed by atoms with Crippen LogP contribution in [0.2, 0.25) is 0 Å². The van der Waals surface area contributed by atoms with Crippen LogP contribution in [0.3, 0.4) is 0 Å². The van der Waals surface area contributed by atoms with Crippen LogP contribution in [0.1, 0.15) is 31.7 Å². The molecule has 1 fully saturated rings. The van der Waals surface area contributed by atoms with Gasteiger partial charge < -0.3 is 4.90 Å². The summed E-state index contributed by atoms with van der Waals surface area (Å²) in [7, 11) is -4.18. The fourth-order valence-corrected chi connectivity index (χ4v) is 4.31. The van der Waals surface area contributed by atoms with Crippen molar-refractivity contribution in [1.29, 1.82) is 0 Å². The molecule has 8 heteroatoms. The van der Waals surface area contributed by atoms with Crippen LogP contribution in [0.15, 0.2) is 29.2 Å². The zero-order valence-corrected chi connectivity index (χ0v) is 14.5. The molecule has 0 amide bonds. The fourth-order valence-electron chi connectivity index (χ4n) is 3.01. The summed E-state index contributed by atoms with van der Waals surface area (Å²) in [4.78, 5) is 1.55. The molecule has 2 rings (SSSR count).